The molecule has 0 fully saturated rings. The van der Waals surface area contributed by atoms with Gasteiger partial charge in [-0.2, -0.15) is 0 Å². The normalized spacial score (nSPS) is 11.0. The Morgan fingerprint density at radius 3 is 2.45 bits per heavy atom. The first-order chi connectivity index (χ1) is 14.0. The van der Waals surface area contributed by atoms with E-state index in [1.807, 2.05) is 56.3 Å². The third-order valence-corrected chi connectivity index (χ3v) is 5.78. The minimum Gasteiger partial charge on any atom is -0.333 e. The van der Waals surface area contributed by atoms with E-state index in [4.69, 9.17) is 0 Å². The second-order valence-electron chi connectivity index (χ2n) is 7.32. The number of carbonyl (C=O) groups excluding carboxylic acids is 1. The van der Waals surface area contributed by atoms with Crippen molar-refractivity contribution in [3.8, 4) is 0 Å². The van der Waals surface area contributed by atoms with Gasteiger partial charge in [-0.3, -0.25) is 4.79 Å². The van der Waals surface area contributed by atoms with Gasteiger partial charge >= 0.3 is 0 Å². The second kappa shape index (κ2) is 8.13. The highest BCUT2D eigenvalue weighted by molar-refractivity contribution is 7.98. The van der Waals surface area contributed by atoms with Crippen molar-refractivity contribution in [1.82, 2.24) is 9.97 Å². The number of carbonyl (C=O) groups is 1. The molecule has 0 aliphatic carbocycles. The predicted octanol–water partition coefficient (Wildman–Crippen LogP) is 6.03. The number of fused-ring (bicyclic) bond motifs is 1. The maximum atomic E-state index is 12.5. The number of nitrogens with one attached hydrogen (secondary N) is 2. The summed E-state index contributed by atoms with van der Waals surface area (Å²) in [6, 6.07) is 20.0. The molecule has 1 heterocycles. The fraction of sp³-hybridized carbons (Fsp3) is 0.167. The van der Waals surface area contributed by atoms with Gasteiger partial charge in [0.2, 0.25) is 0 Å². The Labute approximate surface area is 174 Å². The van der Waals surface area contributed by atoms with Crippen molar-refractivity contribution in [3.63, 3.8) is 0 Å². The van der Waals surface area contributed by atoms with Gasteiger partial charge in [-0.05, 0) is 67.8 Å². The van der Waals surface area contributed by atoms with Gasteiger partial charge in [-0.1, -0.05) is 47.7 Å². The number of imidazole rings is 1. The number of thioether (sulfide) groups is 1. The molecule has 4 nitrogen and oxygen atoms in total. The van der Waals surface area contributed by atoms with Crippen LogP contribution in [0, 0.1) is 20.8 Å². The van der Waals surface area contributed by atoms with Gasteiger partial charge in [-0.25, -0.2) is 4.98 Å². The molecule has 0 unspecified atom stereocenters. The average Bonchev–Trinajstić information content (AvgIpc) is 3.11. The molecule has 0 saturated carbocycles. The van der Waals surface area contributed by atoms with Crippen LogP contribution in [0.5, 0.6) is 0 Å². The SMILES string of the molecule is Cc1ccc(NC(=O)c2ccc(CSc3nc4ccc(C)cc4[nH]3)cc2)c(C)c1. The first-order valence-electron chi connectivity index (χ1n) is 9.55. The summed E-state index contributed by atoms with van der Waals surface area (Å²) in [5.74, 6) is 0.696. The monoisotopic (exact) mass is 401 g/mol. The van der Waals surface area contributed by atoms with E-state index in [0.29, 0.717) is 5.56 Å². The van der Waals surface area contributed by atoms with Crippen LogP contribution in [0.3, 0.4) is 0 Å². The lowest BCUT2D eigenvalue weighted by molar-refractivity contribution is 0.102. The van der Waals surface area contributed by atoms with Crippen molar-refractivity contribution in [2.45, 2.75) is 31.7 Å². The van der Waals surface area contributed by atoms with Crippen LogP contribution in [0.2, 0.25) is 0 Å². The average molecular weight is 402 g/mol. The van der Waals surface area contributed by atoms with E-state index in [0.717, 1.165) is 38.8 Å². The van der Waals surface area contributed by atoms with Crippen LogP contribution < -0.4 is 5.32 Å². The topological polar surface area (TPSA) is 57.8 Å². The fourth-order valence-corrected chi connectivity index (χ4v) is 4.06. The molecule has 146 valence electrons. The van der Waals surface area contributed by atoms with E-state index >= 15 is 0 Å². The highest BCUT2D eigenvalue weighted by Gasteiger charge is 2.09. The predicted molar refractivity (Wildman–Crippen MR) is 121 cm³/mol. The number of aromatic nitrogens is 2. The van der Waals surface area contributed by atoms with Crippen LogP contribution in [-0.4, -0.2) is 15.9 Å². The zero-order chi connectivity index (χ0) is 20.4. The number of hydrogen-bond acceptors (Lipinski definition) is 3. The summed E-state index contributed by atoms with van der Waals surface area (Å²) in [5, 5.41) is 3.90. The van der Waals surface area contributed by atoms with E-state index in [2.05, 4.69) is 40.4 Å². The summed E-state index contributed by atoms with van der Waals surface area (Å²) in [4.78, 5) is 20.5. The van der Waals surface area contributed by atoms with Crippen molar-refractivity contribution in [2.24, 2.45) is 0 Å². The number of amides is 1. The summed E-state index contributed by atoms with van der Waals surface area (Å²) in [6.45, 7) is 6.12. The molecule has 1 amide bonds. The van der Waals surface area contributed by atoms with Gasteiger partial charge in [-0.15, -0.1) is 0 Å². The molecule has 0 radical (unpaired) electrons. The van der Waals surface area contributed by atoms with Gasteiger partial charge in [0.1, 0.15) is 0 Å². The maximum absolute atomic E-state index is 12.5. The van der Waals surface area contributed by atoms with Gasteiger partial charge in [0.05, 0.1) is 11.0 Å². The Balaban J connectivity index is 1.39. The van der Waals surface area contributed by atoms with E-state index in [9.17, 15) is 4.79 Å². The molecule has 2 N–H and O–H groups in total. The highest BCUT2D eigenvalue weighted by Crippen LogP contribution is 2.24. The summed E-state index contributed by atoms with van der Waals surface area (Å²) >= 11 is 1.66. The van der Waals surface area contributed by atoms with Crippen molar-refractivity contribution >= 4 is 34.4 Å². The van der Waals surface area contributed by atoms with E-state index in [-0.39, 0.29) is 5.91 Å². The van der Waals surface area contributed by atoms with Crippen molar-refractivity contribution in [3.05, 3.63) is 88.5 Å². The first kappa shape index (κ1) is 19.3. The smallest absolute Gasteiger partial charge is 0.255 e. The largest absolute Gasteiger partial charge is 0.333 e. The third-order valence-electron chi connectivity index (χ3n) is 4.84. The molecule has 0 spiro atoms. The van der Waals surface area contributed by atoms with Gasteiger partial charge in [0.15, 0.2) is 5.16 Å². The molecule has 4 rings (SSSR count). The van der Waals surface area contributed by atoms with Gasteiger partial charge < -0.3 is 10.3 Å². The van der Waals surface area contributed by atoms with E-state index < -0.39 is 0 Å². The second-order valence-corrected chi connectivity index (χ2v) is 8.28. The minimum absolute atomic E-state index is 0.0937. The number of aromatic amines is 1. The quantitative estimate of drug-likeness (QED) is 0.401. The molecule has 3 aromatic carbocycles. The molecule has 5 heteroatoms. The molecule has 0 atom stereocenters. The number of nitrogens with zero attached hydrogens (tertiary/aromatic N) is 1. The van der Waals surface area contributed by atoms with Crippen molar-refractivity contribution in [2.75, 3.05) is 5.32 Å². The lowest BCUT2D eigenvalue weighted by Gasteiger charge is -2.09. The number of aryl methyl sites for hydroxylation is 3. The molecular formula is C24H23N3OS. The highest BCUT2D eigenvalue weighted by atomic mass is 32.2. The first-order valence-corrected chi connectivity index (χ1v) is 10.5. The molecule has 0 saturated heterocycles. The minimum atomic E-state index is -0.0937. The number of rotatable bonds is 5. The molecular weight excluding hydrogens is 378 g/mol. The fourth-order valence-electron chi connectivity index (χ4n) is 3.22. The van der Waals surface area contributed by atoms with E-state index in [1.54, 1.807) is 11.8 Å². The lowest BCUT2D eigenvalue weighted by atomic mass is 10.1. The molecule has 0 bridgehead atoms. The van der Waals surface area contributed by atoms with Crippen LogP contribution in [0.25, 0.3) is 11.0 Å². The number of benzene rings is 3. The Morgan fingerprint density at radius 1 is 0.966 bits per heavy atom. The zero-order valence-corrected chi connectivity index (χ0v) is 17.6. The Bertz CT molecular complexity index is 1180. The van der Waals surface area contributed by atoms with E-state index in [1.165, 1.54) is 11.1 Å². The van der Waals surface area contributed by atoms with Gasteiger partial charge in [0, 0.05) is 17.0 Å². The van der Waals surface area contributed by atoms with Crippen LogP contribution in [0.4, 0.5) is 5.69 Å². The summed E-state index contributed by atoms with van der Waals surface area (Å²) < 4.78 is 0. The number of hydrogen-bond donors (Lipinski definition) is 2. The number of anilines is 1. The van der Waals surface area contributed by atoms with Gasteiger partial charge in [0.25, 0.3) is 5.91 Å². The Morgan fingerprint density at radius 2 is 1.69 bits per heavy atom. The summed E-state index contributed by atoms with van der Waals surface area (Å²) in [5.41, 5.74) is 8.15. The molecule has 1 aromatic heterocycles. The summed E-state index contributed by atoms with van der Waals surface area (Å²) in [7, 11) is 0. The zero-order valence-electron chi connectivity index (χ0n) is 16.7. The maximum Gasteiger partial charge on any atom is 0.255 e. The molecule has 0 aliphatic heterocycles. The van der Waals surface area contributed by atoms with Crippen LogP contribution in [0.1, 0.15) is 32.6 Å². The lowest BCUT2D eigenvalue weighted by Crippen LogP contribution is -2.12. The number of H-pyrrole nitrogens is 1. The Hall–Kier alpha value is -3.05. The molecule has 29 heavy (non-hydrogen) atoms. The Kier molecular flexibility index (Phi) is 5.41. The standard InChI is InChI=1S/C24H23N3OS/c1-15-4-10-20(17(3)12-15)25-23(28)19-8-6-18(7-9-19)14-29-24-26-21-11-5-16(2)13-22(21)27-24/h4-13H,14H2,1-3H3,(H,25,28)(H,26,27). The van der Waals surface area contributed by atoms with Crippen molar-refractivity contribution < 1.29 is 4.79 Å². The van der Waals surface area contributed by atoms with Crippen LogP contribution in [-0.2, 0) is 5.75 Å². The molecule has 0 aliphatic rings. The molecule has 4 aromatic rings. The van der Waals surface area contributed by atoms with Crippen LogP contribution >= 0.6 is 11.8 Å². The van der Waals surface area contributed by atoms with Crippen molar-refractivity contribution in [1.29, 1.82) is 0 Å². The van der Waals surface area contributed by atoms with Crippen LogP contribution in [0.15, 0.2) is 65.8 Å². The third kappa shape index (κ3) is 4.51. The summed E-state index contributed by atoms with van der Waals surface area (Å²) in [6.07, 6.45) is 0.